The van der Waals surface area contributed by atoms with Crippen LogP contribution in [0.5, 0.6) is 5.75 Å². The molecule has 0 saturated carbocycles. The second kappa shape index (κ2) is 8.51. The van der Waals surface area contributed by atoms with E-state index in [1.807, 2.05) is 35.0 Å². The number of aromatic nitrogens is 1. The van der Waals surface area contributed by atoms with Gasteiger partial charge in [-0.05, 0) is 42.0 Å². The van der Waals surface area contributed by atoms with Crippen molar-refractivity contribution in [3.8, 4) is 5.75 Å². The minimum Gasteiger partial charge on any atom is -0.507 e. The number of carbonyl (C=O) groups is 1. The molecule has 1 heterocycles. The Morgan fingerprint density at radius 1 is 1.13 bits per heavy atom. The first-order valence-corrected chi connectivity index (χ1v) is 9.95. The fourth-order valence-electron chi connectivity index (χ4n) is 3.21. The lowest BCUT2D eigenvalue weighted by Crippen LogP contribution is -2.17. The van der Waals surface area contributed by atoms with Crippen LogP contribution in [0.2, 0.25) is 0 Å². The maximum absolute atomic E-state index is 13.2. The van der Waals surface area contributed by atoms with E-state index >= 15 is 0 Å². The highest BCUT2D eigenvalue weighted by molar-refractivity contribution is 9.10. The highest BCUT2D eigenvalue weighted by Gasteiger charge is 2.11. The standard InChI is InChI=1S/C23H17BrFN3O2/c24-17-7-10-22(29)20(11-17)23(30)27-26-12-16-14-28(21-4-2-1-3-19(16)21)13-15-5-8-18(25)9-6-15/h1-12,14,29H,13H2,(H,27,30)/b26-12+. The monoisotopic (exact) mass is 465 g/mol. The van der Waals surface area contributed by atoms with Gasteiger partial charge < -0.3 is 9.67 Å². The van der Waals surface area contributed by atoms with Crippen LogP contribution in [0.4, 0.5) is 4.39 Å². The van der Waals surface area contributed by atoms with E-state index in [0.717, 1.165) is 22.0 Å². The topological polar surface area (TPSA) is 66.6 Å². The fraction of sp³-hybridized carbons (Fsp3) is 0.0435. The van der Waals surface area contributed by atoms with Crippen molar-refractivity contribution in [3.05, 3.63) is 99.9 Å². The second-order valence-electron chi connectivity index (χ2n) is 6.72. The van der Waals surface area contributed by atoms with Gasteiger partial charge in [-0.1, -0.05) is 46.3 Å². The molecule has 0 aliphatic carbocycles. The number of hydrogen-bond acceptors (Lipinski definition) is 3. The van der Waals surface area contributed by atoms with E-state index in [1.165, 1.54) is 24.3 Å². The number of halogens is 2. The van der Waals surface area contributed by atoms with E-state index in [-0.39, 0.29) is 17.1 Å². The summed E-state index contributed by atoms with van der Waals surface area (Å²) in [4.78, 5) is 12.3. The molecular weight excluding hydrogens is 449 g/mol. The number of nitrogens with zero attached hydrogens (tertiary/aromatic N) is 2. The normalized spacial score (nSPS) is 11.3. The van der Waals surface area contributed by atoms with E-state index in [9.17, 15) is 14.3 Å². The molecule has 0 fully saturated rings. The summed E-state index contributed by atoms with van der Waals surface area (Å²) in [5.41, 5.74) is 5.37. The number of nitrogens with one attached hydrogen (secondary N) is 1. The van der Waals surface area contributed by atoms with E-state index < -0.39 is 5.91 Å². The van der Waals surface area contributed by atoms with Gasteiger partial charge in [-0.2, -0.15) is 5.10 Å². The zero-order chi connectivity index (χ0) is 21.1. The lowest BCUT2D eigenvalue weighted by molar-refractivity contribution is 0.0952. The number of phenols is 1. The first-order chi connectivity index (χ1) is 14.5. The van der Waals surface area contributed by atoms with Crippen LogP contribution in [-0.2, 0) is 6.54 Å². The van der Waals surface area contributed by atoms with Crippen molar-refractivity contribution in [2.24, 2.45) is 5.10 Å². The second-order valence-corrected chi connectivity index (χ2v) is 7.63. The number of hydrogen-bond donors (Lipinski definition) is 2. The zero-order valence-corrected chi connectivity index (χ0v) is 17.3. The molecule has 0 saturated heterocycles. The molecule has 3 aromatic carbocycles. The first kappa shape index (κ1) is 19.8. The number of amides is 1. The molecule has 150 valence electrons. The average molecular weight is 466 g/mol. The minimum atomic E-state index is -0.514. The lowest BCUT2D eigenvalue weighted by Gasteiger charge is -2.05. The molecule has 30 heavy (non-hydrogen) atoms. The molecule has 5 nitrogen and oxygen atoms in total. The maximum atomic E-state index is 13.2. The summed E-state index contributed by atoms with van der Waals surface area (Å²) >= 11 is 3.28. The summed E-state index contributed by atoms with van der Waals surface area (Å²) in [5, 5.41) is 14.9. The molecule has 1 amide bonds. The predicted molar refractivity (Wildman–Crippen MR) is 118 cm³/mol. The zero-order valence-electron chi connectivity index (χ0n) is 15.7. The van der Waals surface area contributed by atoms with Gasteiger partial charge in [0.15, 0.2) is 0 Å². The van der Waals surface area contributed by atoms with Gasteiger partial charge in [0.05, 0.1) is 11.8 Å². The Balaban J connectivity index is 1.57. The SMILES string of the molecule is O=C(N/N=C/c1cn(Cc2ccc(F)cc2)c2ccccc12)c1cc(Br)ccc1O. The number of aromatic hydroxyl groups is 1. The van der Waals surface area contributed by atoms with Crippen molar-refractivity contribution < 1.29 is 14.3 Å². The number of phenolic OH excluding ortho intramolecular Hbond substituents is 1. The van der Waals surface area contributed by atoms with Gasteiger partial charge in [-0.15, -0.1) is 0 Å². The predicted octanol–water partition coefficient (Wildman–Crippen LogP) is 5.06. The maximum Gasteiger partial charge on any atom is 0.275 e. The summed E-state index contributed by atoms with van der Waals surface area (Å²) in [6.45, 7) is 0.576. The van der Waals surface area contributed by atoms with E-state index in [4.69, 9.17) is 0 Å². The van der Waals surface area contributed by atoms with Gasteiger partial charge in [0.1, 0.15) is 11.6 Å². The van der Waals surface area contributed by atoms with Crippen molar-refractivity contribution in [2.75, 3.05) is 0 Å². The van der Waals surface area contributed by atoms with Crippen molar-refractivity contribution in [3.63, 3.8) is 0 Å². The first-order valence-electron chi connectivity index (χ1n) is 9.15. The smallest absolute Gasteiger partial charge is 0.275 e. The molecule has 0 aliphatic heterocycles. The van der Waals surface area contributed by atoms with Gasteiger partial charge in [-0.3, -0.25) is 4.79 Å². The van der Waals surface area contributed by atoms with E-state index in [2.05, 4.69) is 26.5 Å². The highest BCUT2D eigenvalue weighted by atomic mass is 79.9. The Labute approximate surface area is 180 Å². The van der Waals surface area contributed by atoms with E-state index in [0.29, 0.717) is 11.0 Å². The number of carbonyl (C=O) groups excluding carboxylic acids is 1. The number of hydrazone groups is 1. The molecule has 0 radical (unpaired) electrons. The Morgan fingerprint density at radius 2 is 1.90 bits per heavy atom. The molecular formula is C23H17BrFN3O2. The van der Waals surface area contributed by atoms with Crippen LogP contribution >= 0.6 is 15.9 Å². The van der Waals surface area contributed by atoms with Crippen molar-refractivity contribution in [1.29, 1.82) is 0 Å². The summed E-state index contributed by atoms with van der Waals surface area (Å²) in [7, 11) is 0. The molecule has 0 atom stereocenters. The largest absolute Gasteiger partial charge is 0.507 e. The number of rotatable bonds is 5. The van der Waals surface area contributed by atoms with Crippen LogP contribution < -0.4 is 5.43 Å². The Bertz CT molecular complexity index is 1250. The fourth-order valence-corrected chi connectivity index (χ4v) is 3.57. The lowest BCUT2D eigenvalue weighted by atomic mass is 10.2. The molecule has 4 rings (SSSR count). The minimum absolute atomic E-state index is 0.123. The number of para-hydroxylation sites is 1. The molecule has 0 bridgehead atoms. The van der Waals surface area contributed by atoms with Crippen LogP contribution in [0, 0.1) is 5.82 Å². The molecule has 0 spiro atoms. The third-order valence-corrected chi connectivity index (χ3v) is 5.15. The van der Waals surface area contributed by atoms with Crippen LogP contribution in [-0.4, -0.2) is 21.8 Å². The Hall–Kier alpha value is -3.45. The summed E-state index contributed by atoms with van der Waals surface area (Å²) < 4.78 is 15.9. The Kier molecular flexibility index (Phi) is 5.63. The van der Waals surface area contributed by atoms with Gasteiger partial charge in [0.2, 0.25) is 0 Å². The summed E-state index contributed by atoms with van der Waals surface area (Å²) in [5.74, 6) is -0.905. The number of fused-ring (bicyclic) bond motifs is 1. The highest BCUT2D eigenvalue weighted by Crippen LogP contribution is 2.23. The van der Waals surface area contributed by atoms with Gasteiger partial charge in [0, 0.05) is 33.7 Å². The third-order valence-electron chi connectivity index (χ3n) is 4.66. The van der Waals surface area contributed by atoms with Crippen LogP contribution in [0.25, 0.3) is 10.9 Å². The summed E-state index contributed by atoms with van der Waals surface area (Å²) in [6.07, 6.45) is 3.50. The molecule has 4 aromatic rings. The molecule has 2 N–H and O–H groups in total. The van der Waals surface area contributed by atoms with Crippen molar-refractivity contribution >= 4 is 39.0 Å². The summed E-state index contributed by atoms with van der Waals surface area (Å²) in [6, 6.07) is 18.8. The number of benzene rings is 3. The van der Waals surface area contributed by atoms with Crippen LogP contribution in [0.1, 0.15) is 21.5 Å². The molecule has 1 aromatic heterocycles. The Morgan fingerprint density at radius 3 is 2.70 bits per heavy atom. The third kappa shape index (κ3) is 4.26. The molecule has 0 unspecified atom stereocenters. The van der Waals surface area contributed by atoms with E-state index in [1.54, 1.807) is 24.4 Å². The quantitative estimate of drug-likeness (QED) is 0.319. The molecule has 0 aliphatic rings. The average Bonchev–Trinajstić information content (AvgIpc) is 3.09. The van der Waals surface area contributed by atoms with Gasteiger partial charge in [0.25, 0.3) is 5.91 Å². The van der Waals surface area contributed by atoms with Crippen molar-refractivity contribution in [2.45, 2.75) is 6.54 Å². The van der Waals surface area contributed by atoms with Crippen LogP contribution in [0.3, 0.4) is 0 Å². The van der Waals surface area contributed by atoms with Gasteiger partial charge >= 0.3 is 0 Å². The van der Waals surface area contributed by atoms with Crippen LogP contribution in [0.15, 0.2) is 82.5 Å². The van der Waals surface area contributed by atoms with Crippen molar-refractivity contribution in [1.82, 2.24) is 9.99 Å². The van der Waals surface area contributed by atoms with Gasteiger partial charge in [-0.25, -0.2) is 9.82 Å². The molecule has 7 heteroatoms.